The zero-order valence-electron chi connectivity index (χ0n) is 10.5. The normalized spacial score (nSPS) is 10.4. The van der Waals surface area contributed by atoms with Crippen molar-refractivity contribution < 1.29 is 0 Å². The van der Waals surface area contributed by atoms with Crippen molar-refractivity contribution in [3.63, 3.8) is 0 Å². The second-order valence-electron chi connectivity index (χ2n) is 3.78. The molecule has 0 aliphatic heterocycles. The first-order valence-electron chi connectivity index (χ1n) is 5.75. The summed E-state index contributed by atoms with van der Waals surface area (Å²) in [5.41, 5.74) is 1.54. The summed E-state index contributed by atoms with van der Waals surface area (Å²) in [5.74, 6) is 0.936. The minimum atomic E-state index is 0.468. The Bertz CT molecular complexity index is 704. The molecular weight excluding hydrogens is 256 g/mol. The third-order valence-electron chi connectivity index (χ3n) is 2.59. The van der Waals surface area contributed by atoms with Crippen LogP contribution in [0.1, 0.15) is 0 Å². The van der Waals surface area contributed by atoms with E-state index in [-0.39, 0.29) is 0 Å². The van der Waals surface area contributed by atoms with Gasteiger partial charge < -0.3 is 0 Å². The van der Waals surface area contributed by atoms with Gasteiger partial charge in [-0.05, 0) is 10.4 Å². The molecule has 0 radical (unpaired) electrons. The van der Waals surface area contributed by atoms with Gasteiger partial charge in [0, 0.05) is 23.5 Å². The second kappa shape index (κ2) is 4.84. The molecule has 0 bridgehead atoms. The maximum atomic E-state index is 4.19. The third-order valence-corrected chi connectivity index (χ3v) is 2.59. The average Bonchev–Trinajstić information content (AvgIpc) is 3.16. The Hall–Kier alpha value is -3.16. The quantitative estimate of drug-likeness (QED) is 0.705. The molecule has 98 valence electrons. The van der Waals surface area contributed by atoms with Crippen LogP contribution in [0.15, 0.2) is 37.4 Å². The van der Waals surface area contributed by atoms with Crippen LogP contribution in [0.4, 0.5) is 0 Å². The molecule has 2 aromatic heterocycles. The van der Waals surface area contributed by atoms with Crippen molar-refractivity contribution in [2.24, 2.45) is 0 Å². The highest BCUT2D eigenvalue weighted by atomic mass is 15.6. The van der Waals surface area contributed by atoms with Crippen LogP contribution < -0.4 is 0 Å². The fourth-order valence-electron chi connectivity index (χ4n) is 1.69. The zero-order valence-corrected chi connectivity index (χ0v) is 10.5. The zero-order chi connectivity index (χ0) is 13.9. The first kappa shape index (κ1) is 11.9. The number of benzene rings is 1. The summed E-state index contributed by atoms with van der Waals surface area (Å²) in [4.78, 5) is 2.58. The monoisotopic (exact) mass is 266 g/mol. The van der Waals surface area contributed by atoms with Gasteiger partial charge in [0.15, 0.2) is 0 Å². The number of hydrogen-bond donors (Lipinski definition) is 0. The van der Waals surface area contributed by atoms with E-state index in [2.05, 4.69) is 44.0 Å². The Labute approximate surface area is 114 Å². The number of aromatic nitrogens is 8. The Kier molecular flexibility index (Phi) is 2.88. The van der Waals surface area contributed by atoms with Gasteiger partial charge in [0.25, 0.3) is 0 Å². The largest absolute Gasteiger partial charge is 0.206 e. The Balaban J connectivity index is 2.12. The van der Waals surface area contributed by atoms with E-state index in [9.17, 15) is 0 Å². The fourth-order valence-corrected chi connectivity index (χ4v) is 1.69. The lowest BCUT2D eigenvalue weighted by molar-refractivity contribution is 0.760. The highest BCUT2D eigenvalue weighted by Crippen LogP contribution is 2.26. The van der Waals surface area contributed by atoms with Crippen molar-refractivity contribution in [1.29, 1.82) is 0 Å². The molecule has 0 amide bonds. The Morgan fingerprint density at radius 1 is 0.800 bits per heavy atom. The van der Waals surface area contributed by atoms with Crippen molar-refractivity contribution >= 4 is 12.4 Å². The number of nitrogens with zero attached hydrogens (tertiary/aromatic N) is 8. The lowest BCUT2D eigenvalue weighted by Crippen LogP contribution is -1.92. The van der Waals surface area contributed by atoms with Gasteiger partial charge in [-0.2, -0.15) is 0 Å². The van der Waals surface area contributed by atoms with Crippen molar-refractivity contribution in [2.45, 2.75) is 0 Å². The molecule has 0 saturated heterocycles. The first-order chi connectivity index (χ1) is 9.81. The van der Waals surface area contributed by atoms with E-state index < -0.39 is 0 Å². The molecule has 2 heterocycles. The van der Waals surface area contributed by atoms with E-state index in [4.69, 9.17) is 0 Å². The first-order valence-corrected chi connectivity index (χ1v) is 5.75. The molecule has 0 aliphatic rings. The minimum Gasteiger partial charge on any atom is -0.139 e. The lowest BCUT2D eigenvalue weighted by atomic mass is 10.1. The molecule has 8 heteroatoms. The third kappa shape index (κ3) is 1.99. The van der Waals surface area contributed by atoms with Gasteiger partial charge in [-0.1, -0.05) is 37.4 Å². The highest BCUT2D eigenvalue weighted by Gasteiger charge is 2.14. The molecule has 0 atom stereocenters. The number of tetrazole rings is 2. The fraction of sp³-hybridized carbons (Fsp3) is 0. The van der Waals surface area contributed by atoms with Gasteiger partial charge in [0.2, 0.25) is 11.6 Å². The van der Waals surface area contributed by atoms with E-state index >= 15 is 0 Å². The predicted octanol–water partition coefficient (Wildman–Crippen LogP) is 1.19. The van der Waals surface area contributed by atoms with Crippen LogP contribution in [0, 0.1) is 0 Å². The summed E-state index contributed by atoms with van der Waals surface area (Å²) in [6.07, 6.45) is 2.93. The van der Waals surface area contributed by atoms with Crippen LogP contribution in [-0.2, 0) is 0 Å². The van der Waals surface area contributed by atoms with Gasteiger partial charge in [0.1, 0.15) is 0 Å². The lowest BCUT2D eigenvalue weighted by Gasteiger charge is -2.00. The van der Waals surface area contributed by atoms with Crippen LogP contribution in [0.2, 0.25) is 0 Å². The van der Waals surface area contributed by atoms with Crippen LogP contribution >= 0.6 is 0 Å². The smallest absolute Gasteiger partial charge is 0.139 e. The number of rotatable bonds is 4. The summed E-state index contributed by atoms with van der Waals surface area (Å²) in [7, 11) is 0. The summed E-state index contributed by atoms with van der Waals surface area (Å²) < 4.78 is 0. The summed E-state index contributed by atoms with van der Waals surface area (Å²) in [5, 5.41) is 24.0. The van der Waals surface area contributed by atoms with Crippen molar-refractivity contribution in [2.75, 3.05) is 0 Å². The Morgan fingerprint density at radius 3 is 1.60 bits per heavy atom. The van der Waals surface area contributed by atoms with Crippen LogP contribution in [0.3, 0.4) is 0 Å². The van der Waals surface area contributed by atoms with Gasteiger partial charge in [-0.25, -0.2) is 0 Å². The topological polar surface area (TPSA) is 87.2 Å². The molecule has 20 heavy (non-hydrogen) atoms. The van der Waals surface area contributed by atoms with E-state index in [1.54, 1.807) is 0 Å². The van der Waals surface area contributed by atoms with Crippen LogP contribution in [0.5, 0.6) is 0 Å². The maximum Gasteiger partial charge on any atom is 0.206 e. The van der Waals surface area contributed by atoms with Crippen LogP contribution in [-0.4, -0.2) is 40.4 Å². The van der Waals surface area contributed by atoms with Gasteiger partial charge in [-0.3, -0.25) is 0 Å². The standard InChI is InChI=1S/C12H10N8/c1-3-19-15-11(13-17-19)9-7-5-6-8-10(9)12-14-18-20(4-2)16-12/h3-8H,1-2H2. The molecule has 0 aliphatic carbocycles. The SMILES string of the molecule is C=Cn1nnc(-c2ccccc2-c2nnn(C=C)n2)n1. The molecule has 0 N–H and O–H groups in total. The van der Waals surface area contributed by atoms with E-state index in [0.29, 0.717) is 11.6 Å². The van der Waals surface area contributed by atoms with E-state index in [1.807, 2.05) is 24.3 Å². The van der Waals surface area contributed by atoms with Crippen molar-refractivity contribution in [3.8, 4) is 22.8 Å². The molecule has 0 unspecified atom stereocenters. The summed E-state index contributed by atoms with van der Waals surface area (Å²) >= 11 is 0. The van der Waals surface area contributed by atoms with Crippen molar-refractivity contribution in [1.82, 2.24) is 40.4 Å². The molecule has 3 aromatic rings. The minimum absolute atomic E-state index is 0.468. The summed E-state index contributed by atoms with van der Waals surface area (Å²) in [6, 6.07) is 7.50. The van der Waals surface area contributed by atoms with Gasteiger partial charge >= 0.3 is 0 Å². The number of hydrogen-bond acceptors (Lipinski definition) is 6. The molecule has 0 spiro atoms. The predicted molar refractivity (Wildman–Crippen MR) is 72.8 cm³/mol. The summed E-state index contributed by atoms with van der Waals surface area (Å²) in [6.45, 7) is 7.16. The molecule has 1 aromatic carbocycles. The molecule has 0 fully saturated rings. The maximum absolute atomic E-state index is 4.19. The van der Waals surface area contributed by atoms with E-state index in [0.717, 1.165) is 11.1 Å². The second-order valence-corrected chi connectivity index (χ2v) is 3.78. The van der Waals surface area contributed by atoms with Crippen molar-refractivity contribution in [3.05, 3.63) is 37.4 Å². The van der Waals surface area contributed by atoms with E-state index in [1.165, 1.54) is 22.0 Å². The Morgan fingerprint density at radius 2 is 1.25 bits per heavy atom. The molecule has 3 rings (SSSR count). The van der Waals surface area contributed by atoms with Gasteiger partial charge in [-0.15, -0.1) is 30.0 Å². The molecule has 8 nitrogen and oxygen atoms in total. The highest BCUT2D eigenvalue weighted by molar-refractivity contribution is 5.76. The molecular formula is C12H10N8. The van der Waals surface area contributed by atoms with Gasteiger partial charge in [0.05, 0.1) is 0 Å². The van der Waals surface area contributed by atoms with Crippen LogP contribution in [0.25, 0.3) is 35.2 Å². The molecule has 0 saturated carbocycles. The average molecular weight is 266 g/mol.